The summed E-state index contributed by atoms with van der Waals surface area (Å²) in [5.41, 5.74) is 5.59. The van der Waals surface area contributed by atoms with Crippen molar-refractivity contribution in [1.29, 1.82) is 0 Å². The maximum Gasteiger partial charge on any atom is 0.232 e. The normalized spacial score (nSPS) is 27.6. The number of nitrogens with zero attached hydrogens (tertiary/aromatic N) is 1. The molecule has 2 N–H and O–H groups in total. The zero-order valence-electron chi connectivity index (χ0n) is 10.1. The van der Waals surface area contributed by atoms with Crippen molar-refractivity contribution in [1.82, 2.24) is 4.90 Å². The van der Waals surface area contributed by atoms with Crippen LogP contribution < -0.4 is 5.73 Å². The first kappa shape index (κ1) is 13.4. The summed E-state index contributed by atoms with van der Waals surface area (Å²) in [7, 11) is 0. The second-order valence-electron chi connectivity index (χ2n) is 4.35. The van der Waals surface area contributed by atoms with Crippen molar-refractivity contribution in [3.8, 4) is 0 Å². The lowest BCUT2D eigenvalue weighted by Gasteiger charge is -2.38. The van der Waals surface area contributed by atoms with E-state index in [-0.39, 0.29) is 24.0 Å². The minimum absolute atomic E-state index is 0.0395. The van der Waals surface area contributed by atoms with Gasteiger partial charge in [-0.1, -0.05) is 19.1 Å². The zero-order valence-corrected chi connectivity index (χ0v) is 10.9. The number of amides is 1. The highest BCUT2D eigenvalue weighted by molar-refractivity contribution is 7.80. The Bertz CT molecular complexity index is 283. The average Bonchev–Trinajstić information content (AvgIpc) is 2.22. The van der Waals surface area contributed by atoms with Gasteiger partial charge in [0.05, 0.1) is 29.7 Å². The second kappa shape index (κ2) is 5.59. The lowest BCUT2D eigenvalue weighted by Crippen LogP contribution is -2.53. The van der Waals surface area contributed by atoms with Crippen molar-refractivity contribution >= 4 is 23.1 Å². The predicted molar refractivity (Wildman–Crippen MR) is 67.2 cm³/mol. The Labute approximate surface area is 102 Å². The van der Waals surface area contributed by atoms with Gasteiger partial charge in [-0.25, -0.2) is 0 Å². The molecule has 1 saturated heterocycles. The average molecular weight is 244 g/mol. The predicted octanol–water partition coefficient (Wildman–Crippen LogP) is 0.935. The van der Waals surface area contributed by atoms with Gasteiger partial charge >= 0.3 is 0 Å². The van der Waals surface area contributed by atoms with Gasteiger partial charge in [0.2, 0.25) is 5.91 Å². The van der Waals surface area contributed by atoms with Crippen molar-refractivity contribution in [2.24, 2.45) is 11.7 Å². The van der Waals surface area contributed by atoms with Crippen molar-refractivity contribution in [3.05, 3.63) is 0 Å². The second-order valence-corrected chi connectivity index (χ2v) is 4.82. The third-order valence-corrected chi connectivity index (χ3v) is 3.23. The number of hydrogen-bond donors (Lipinski definition) is 1. The Kier molecular flexibility index (Phi) is 4.68. The Morgan fingerprint density at radius 3 is 2.75 bits per heavy atom. The largest absolute Gasteiger partial charge is 0.393 e. The van der Waals surface area contributed by atoms with Crippen molar-refractivity contribution < 1.29 is 9.53 Å². The lowest BCUT2D eigenvalue weighted by atomic mass is 10.0. The highest BCUT2D eigenvalue weighted by Gasteiger charge is 2.32. The fourth-order valence-electron chi connectivity index (χ4n) is 1.91. The molecule has 3 unspecified atom stereocenters. The van der Waals surface area contributed by atoms with Crippen LogP contribution in [-0.4, -0.2) is 41.1 Å². The Morgan fingerprint density at radius 2 is 2.25 bits per heavy atom. The quantitative estimate of drug-likeness (QED) is 0.751. The van der Waals surface area contributed by atoms with Crippen LogP contribution in [0.5, 0.6) is 0 Å². The van der Waals surface area contributed by atoms with E-state index in [0.29, 0.717) is 24.6 Å². The van der Waals surface area contributed by atoms with Crippen LogP contribution in [0.25, 0.3) is 0 Å². The van der Waals surface area contributed by atoms with Gasteiger partial charge < -0.3 is 15.4 Å². The molecule has 0 aromatic carbocycles. The molecular formula is C11H20N2O2S. The molecule has 4 nitrogen and oxygen atoms in total. The van der Waals surface area contributed by atoms with Gasteiger partial charge in [0.1, 0.15) is 0 Å². The molecule has 1 heterocycles. The Morgan fingerprint density at radius 1 is 1.62 bits per heavy atom. The van der Waals surface area contributed by atoms with Gasteiger partial charge in [0.25, 0.3) is 0 Å². The monoisotopic (exact) mass is 244 g/mol. The highest BCUT2D eigenvalue weighted by atomic mass is 32.1. The van der Waals surface area contributed by atoms with Crippen LogP contribution in [0.4, 0.5) is 0 Å². The van der Waals surface area contributed by atoms with Crippen LogP contribution in [0.1, 0.15) is 27.2 Å². The summed E-state index contributed by atoms with van der Waals surface area (Å²) >= 11 is 4.93. The summed E-state index contributed by atoms with van der Waals surface area (Å²) in [6.45, 7) is 7.08. The van der Waals surface area contributed by atoms with Gasteiger partial charge in [-0.05, 0) is 20.3 Å². The zero-order chi connectivity index (χ0) is 12.3. The summed E-state index contributed by atoms with van der Waals surface area (Å²) in [6, 6.07) is 0.104. The number of morpholine rings is 1. The molecule has 1 rings (SSSR count). The molecule has 0 aromatic heterocycles. The lowest BCUT2D eigenvalue weighted by molar-refractivity contribution is -0.145. The summed E-state index contributed by atoms with van der Waals surface area (Å²) in [5, 5.41) is 0. The minimum Gasteiger partial charge on any atom is -0.393 e. The highest BCUT2D eigenvalue weighted by Crippen LogP contribution is 2.16. The van der Waals surface area contributed by atoms with E-state index in [1.807, 2.05) is 25.7 Å². The molecule has 0 saturated carbocycles. The van der Waals surface area contributed by atoms with E-state index in [1.165, 1.54) is 0 Å². The number of ether oxygens (including phenoxy) is 1. The standard InChI is InChI=1S/C11H20N2O2S/c1-4-9(10(12)16)11(14)13-5-8(3)15-6-7(13)2/h7-9H,4-6H2,1-3H3,(H2,12,16). The summed E-state index contributed by atoms with van der Waals surface area (Å²) < 4.78 is 5.49. The summed E-state index contributed by atoms with van der Waals surface area (Å²) in [6.07, 6.45) is 0.746. The molecule has 0 radical (unpaired) electrons. The molecule has 1 amide bonds. The van der Waals surface area contributed by atoms with E-state index < -0.39 is 0 Å². The summed E-state index contributed by atoms with van der Waals surface area (Å²) in [5.74, 6) is -0.291. The smallest absolute Gasteiger partial charge is 0.232 e. The maximum atomic E-state index is 12.2. The maximum absolute atomic E-state index is 12.2. The molecule has 3 atom stereocenters. The first-order chi connectivity index (χ1) is 7.47. The van der Waals surface area contributed by atoms with Gasteiger partial charge in [-0.2, -0.15) is 0 Å². The van der Waals surface area contributed by atoms with E-state index in [0.717, 1.165) is 0 Å². The van der Waals surface area contributed by atoms with E-state index >= 15 is 0 Å². The molecule has 0 aliphatic carbocycles. The van der Waals surface area contributed by atoms with Crippen LogP contribution >= 0.6 is 12.2 Å². The first-order valence-corrected chi connectivity index (χ1v) is 6.09. The fourth-order valence-corrected chi connectivity index (χ4v) is 2.18. The molecule has 0 bridgehead atoms. The Balaban J connectivity index is 2.74. The number of nitrogens with two attached hydrogens (primary N) is 1. The molecule has 92 valence electrons. The molecule has 0 spiro atoms. The van der Waals surface area contributed by atoms with Crippen LogP contribution in [0, 0.1) is 5.92 Å². The van der Waals surface area contributed by atoms with E-state index in [9.17, 15) is 4.79 Å². The minimum atomic E-state index is -0.331. The number of hydrogen-bond acceptors (Lipinski definition) is 3. The number of thiocarbonyl (C=S) groups is 1. The van der Waals surface area contributed by atoms with Crippen molar-refractivity contribution in [2.45, 2.75) is 39.3 Å². The van der Waals surface area contributed by atoms with Gasteiger partial charge in [-0.3, -0.25) is 4.79 Å². The number of rotatable bonds is 3. The van der Waals surface area contributed by atoms with Crippen molar-refractivity contribution in [2.75, 3.05) is 13.2 Å². The Hall–Kier alpha value is -0.680. The molecule has 1 fully saturated rings. The molecule has 0 aromatic rings. The number of carbonyl (C=O) groups excluding carboxylic acids is 1. The van der Waals surface area contributed by atoms with Crippen LogP contribution in [-0.2, 0) is 9.53 Å². The third kappa shape index (κ3) is 2.92. The fraction of sp³-hybridized carbons (Fsp3) is 0.818. The SMILES string of the molecule is CCC(C(=O)N1CC(C)OCC1C)C(N)=S. The van der Waals surface area contributed by atoms with Crippen LogP contribution in [0.15, 0.2) is 0 Å². The first-order valence-electron chi connectivity index (χ1n) is 5.68. The van der Waals surface area contributed by atoms with Gasteiger partial charge in [0.15, 0.2) is 0 Å². The van der Waals surface area contributed by atoms with Crippen molar-refractivity contribution in [3.63, 3.8) is 0 Å². The molecule has 1 aliphatic rings. The molecular weight excluding hydrogens is 224 g/mol. The van der Waals surface area contributed by atoms with E-state index in [1.54, 1.807) is 0 Å². The molecule has 5 heteroatoms. The summed E-state index contributed by atoms with van der Waals surface area (Å²) in [4.78, 5) is 14.4. The molecule has 16 heavy (non-hydrogen) atoms. The van der Waals surface area contributed by atoms with Gasteiger partial charge in [-0.15, -0.1) is 0 Å². The van der Waals surface area contributed by atoms with E-state index in [4.69, 9.17) is 22.7 Å². The third-order valence-electron chi connectivity index (χ3n) is 2.94. The van der Waals surface area contributed by atoms with Gasteiger partial charge in [0, 0.05) is 6.54 Å². The number of carbonyl (C=O) groups is 1. The topological polar surface area (TPSA) is 55.6 Å². The van der Waals surface area contributed by atoms with Crippen LogP contribution in [0.2, 0.25) is 0 Å². The molecule has 1 aliphatic heterocycles. The van der Waals surface area contributed by atoms with Crippen LogP contribution in [0.3, 0.4) is 0 Å². The van der Waals surface area contributed by atoms with E-state index in [2.05, 4.69) is 0 Å².